The fourth-order valence-corrected chi connectivity index (χ4v) is 3.63. The summed E-state index contributed by atoms with van der Waals surface area (Å²) in [4.78, 5) is 12.6. The molecule has 0 aliphatic carbocycles. The Morgan fingerprint density at radius 1 is 1.00 bits per heavy atom. The van der Waals surface area contributed by atoms with E-state index in [4.69, 9.17) is 16.3 Å². The van der Waals surface area contributed by atoms with Crippen LogP contribution in [0.1, 0.15) is 12.0 Å². The van der Waals surface area contributed by atoms with Gasteiger partial charge in [0.25, 0.3) is 0 Å². The highest BCUT2D eigenvalue weighted by Crippen LogP contribution is 2.32. The maximum absolute atomic E-state index is 12.5. The molecule has 0 unspecified atom stereocenters. The normalized spacial score (nSPS) is 11.1. The Morgan fingerprint density at radius 3 is 2.37 bits per heavy atom. The van der Waals surface area contributed by atoms with Gasteiger partial charge in [0.1, 0.15) is 5.75 Å². The lowest BCUT2D eigenvalue weighted by atomic mass is 10.1. The second-order valence-electron chi connectivity index (χ2n) is 6.46. The van der Waals surface area contributed by atoms with Crippen molar-refractivity contribution < 1.29 is 17.9 Å². The number of benzene rings is 3. The number of hydrogen-bond acceptors (Lipinski definition) is 4. The minimum atomic E-state index is -3.48. The molecule has 0 spiro atoms. The van der Waals surface area contributed by atoms with E-state index in [1.807, 2.05) is 30.3 Å². The number of amides is 1. The molecule has 2 N–H and O–H groups in total. The summed E-state index contributed by atoms with van der Waals surface area (Å²) in [6.45, 7) is 0. The second-order valence-corrected chi connectivity index (χ2v) is 8.78. The van der Waals surface area contributed by atoms with Crippen molar-refractivity contribution in [1.82, 2.24) is 4.72 Å². The zero-order chi connectivity index (χ0) is 21.6. The van der Waals surface area contributed by atoms with Crippen molar-refractivity contribution in [2.24, 2.45) is 0 Å². The van der Waals surface area contributed by atoms with Gasteiger partial charge >= 0.3 is 0 Å². The molecule has 0 heterocycles. The fraction of sp³-hybridized carbons (Fsp3) is 0.136. The molecule has 1 amide bonds. The van der Waals surface area contributed by atoms with Crippen LogP contribution in [0, 0.1) is 0 Å². The Kier molecular flexibility index (Phi) is 7.10. The third kappa shape index (κ3) is 5.82. The summed E-state index contributed by atoms with van der Waals surface area (Å²) in [5.41, 5.74) is 1.33. The van der Waals surface area contributed by atoms with Crippen molar-refractivity contribution in [2.75, 3.05) is 12.4 Å². The third-order valence-electron chi connectivity index (χ3n) is 4.33. The first-order valence-electron chi connectivity index (χ1n) is 9.22. The van der Waals surface area contributed by atoms with E-state index in [1.54, 1.807) is 30.3 Å². The van der Waals surface area contributed by atoms with E-state index in [0.29, 0.717) is 28.6 Å². The smallest absolute Gasteiger partial charge is 0.240 e. The van der Waals surface area contributed by atoms with Gasteiger partial charge in [-0.25, -0.2) is 13.1 Å². The molecule has 6 nitrogen and oxygen atoms in total. The number of ether oxygens (including phenoxy) is 1. The number of nitrogens with one attached hydrogen (secondary N) is 2. The Labute approximate surface area is 180 Å². The van der Waals surface area contributed by atoms with Crippen molar-refractivity contribution in [3.8, 4) is 11.5 Å². The molecule has 8 heteroatoms. The summed E-state index contributed by atoms with van der Waals surface area (Å²) in [5, 5.41) is 3.31. The highest BCUT2D eigenvalue weighted by molar-refractivity contribution is 7.89. The SMILES string of the molecule is CNS(=O)(=O)c1ccc(CCC(=O)Nc2cc(Cl)ccc2Oc2ccccc2)cc1. The van der Waals surface area contributed by atoms with E-state index in [9.17, 15) is 13.2 Å². The molecular formula is C22H21ClN2O4S. The van der Waals surface area contributed by atoms with Gasteiger partial charge in [-0.1, -0.05) is 41.9 Å². The van der Waals surface area contributed by atoms with Crippen LogP contribution in [-0.4, -0.2) is 21.4 Å². The van der Waals surface area contributed by atoms with E-state index < -0.39 is 10.0 Å². The average Bonchev–Trinajstić information content (AvgIpc) is 2.75. The predicted molar refractivity (Wildman–Crippen MR) is 118 cm³/mol. The number of rotatable bonds is 8. The lowest BCUT2D eigenvalue weighted by Gasteiger charge is -2.13. The van der Waals surface area contributed by atoms with Gasteiger partial charge in [-0.15, -0.1) is 0 Å². The molecule has 3 rings (SSSR count). The Morgan fingerprint density at radius 2 is 1.70 bits per heavy atom. The molecule has 0 bridgehead atoms. The van der Waals surface area contributed by atoms with E-state index in [0.717, 1.165) is 5.56 Å². The second kappa shape index (κ2) is 9.75. The van der Waals surface area contributed by atoms with Crippen molar-refractivity contribution in [2.45, 2.75) is 17.7 Å². The molecule has 0 radical (unpaired) electrons. The quantitative estimate of drug-likeness (QED) is 0.531. The summed E-state index contributed by atoms with van der Waals surface area (Å²) >= 11 is 6.08. The van der Waals surface area contributed by atoms with Gasteiger partial charge in [-0.2, -0.15) is 0 Å². The molecule has 156 valence electrons. The average molecular weight is 445 g/mol. The highest BCUT2D eigenvalue weighted by atomic mass is 35.5. The zero-order valence-corrected chi connectivity index (χ0v) is 17.8. The molecule has 30 heavy (non-hydrogen) atoms. The monoisotopic (exact) mass is 444 g/mol. The minimum absolute atomic E-state index is 0.180. The summed E-state index contributed by atoms with van der Waals surface area (Å²) in [5.74, 6) is 0.926. The first-order valence-corrected chi connectivity index (χ1v) is 11.1. The van der Waals surface area contributed by atoms with Crippen LogP contribution in [0.3, 0.4) is 0 Å². The molecule has 0 aliphatic rings. The van der Waals surface area contributed by atoms with Gasteiger partial charge in [0.2, 0.25) is 15.9 Å². The minimum Gasteiger partial charge on any atom is -0.455 e. The number of hydrogen-bond donors (Lipinski definition) is 2. The molecular weight excluding hydrogens is 424 g/mol. The highest BCUT2D eigenvalue weighted by Gasteiger charge is 2.12. The van der Waals surface area contributed by atoms with Crippen molar-refractivity contribution in [1.29, 1.82) is 0 Å². The predicted octanol–water partition coefficient (Wildman–Crippen LogP) is 4.61. The first-order chi connectivity index (χ1) is 14.4. The first kappa shape index (κ1) is 21.8. The molecule has 0 saturated carbocycles. The number of aryl methyl sites for hydroxylation is 1. The summed E-state index contributed by atoms with van der Waals surface area (Å²) in [6, 6.07) is 20.7. The fourth-order valence-electron chi connectivity index (χ4n) is 2.73. The van der Waals surface area contributed by atoms with Crippen LogP contribution >= 0.6 is 11.6 Å². The van der Waals surface area contributed by atoms with Crippen LogP contribution in [0.25, 0.3) is 0 Å². The zero-order valence-electron chi connectivity index (χ0n) is 16.3. The van der Waals surface area contributed by atoms with Crippen LogP contribution < -0.4 is 14.8 Å². The number of carbonyl (C=O) groups is 1. The number of para-hydroxylation sites is 1. The van der Waals surface area contributed by atoms with Crippen molar-refractivity contribution in [3.63, 3.8) is 0 Å². The topological polar surface area (TPSA) is 84.5 Å². The summed E-state index contributed by atoms with van der Waals surface area (Å²) in [6.07, 6.45) is 0.677. The maximum Gasteiger partial charge on any atom is 0.240 e. The van der Waals surface area contributed by atoms with E-state index in [1.165, 1.54) is 19.2 Å². The molecule has 3 aromatic carbocycles. The van der Waals surface area contributed by atoms with Crippen LogP contribution in [0.15, 0.2) is 77.7 Å². The van der Waals surface area contributed by atoms with Crippen molar-refractivity contribution >= 4 is 33.2 Å². The number of halogens is 1. The lowest BCUT2D eigenvalue weighted by molar-refractivity contribution is -0.116. The molecule has 3 aromatic rings. The molecule has 0 fully saturated rings. The Bertz CT molecular complexity index is 1120. The number of anilines is 1. The molecule has 0 aromatic heterocycles. The van der Waals surface area contributed by atoms with Crippen LogP contribution in [-0.2, 0) is 21.2 Å². The van der Waals surface area contributed by atoms with Crippen molar-refractivity contribution in [3.05, 3.63) is 83.4 Å². The lowest BCUT2D eigenvalue weighted by Crippen LogP contribution is -2.18. The van der Waals surface area contributed by atoms with E-state index in [-0.39, 0.29) is 17.2 Å². The maximum atomic E-state index is 12.5. The van der Waals surface area contributed by atoms with Crippen LogP contribution in [0.2, 0.25) is 5.02 Å². The van der Waals surface area contributed by atoms with Gasteiger partial charge in [-0.3, -0.25) is 4.79 Å². The molecule has 0 aliphatic heterocycles. The van der Waals surface area contributed by atoms with E-state index in [2.05, 4.69) is 10.0 Å². The Balaban J connectivity index is 1.64. The van der Waals surface area contributed by atoms with Gasteiger partial charge < -0.3 is 10.1 Å². The van der Waals surface area contributed by atoms with Gasteiger partial charge in [-0.05, 0) is 61.5 Å². The Hall–Kier alpha value is -2.87. The van der Waals surface area contributed by atoms with Gasteiger partial charge in [0, 0.05) is 11.4 Å². The largest absolute Gasteiger partial charge is 0.455 e. The summed E-state index contributed by atoms with van der Waals surface area (Å²) < 4.78 is 31.7. The number of carbonyl (C=O) groups excluding carboxylic acids is 1. The van der Waals surface area contributed by atoms with Crippen LogP contribution in [0.4, 0.5) is 5.69 Å². The van der Waals surface area contributed by atoms with Gasteiger partial charge in [0.05, 0.1) is 10.6 Å². The third-order valence-corrected chi connectivity index (χ3v) is 6.00. The van der Waals surface area contributed by atoms with Gasteiger partial charge in [0.15, 0.2) is 5.75 Å². The number of sulfonamides is 1. The van der Waals surface area contributed by atoms with Crippen LogP contribution in [0.5, 0.6) is 11.5 Å². The molecule has 0 saturated heterocycles. The van der Waals surface area contributed by atoms with E-state index >= 15 is 0 Å². The standard InChI is InChI=1S/C22H21ClN2O4S/c1-24-30(27,28)19-11-7-16(8-12-19)9-14-22(26)25-20-15-17(23)10-13-21(20)29-18-5-3-2-4-6-18/h2-8,10-13,15,24H,9,14H2,1H3,(H,25,26). The molecule has 0 atom stereocenters. The summed E-state index contributed by atoms with van der Waals surface area (Å²) in [7, 11) is -2.12.